The van der Waals surface area contributed by atoms with E-state index in [1.54, 1.807) is 0 Å². The Morgan fingerprint density at radius 2 is 0.709 bits per heavy atom. The number of nitrogens with zero attached hydrogens (tertiary/aromatic N) is 2. The molecule has 9 aromatic rings. The number of fused-ring (bicyclic) bond motifs is 3. The van der Waals surface area contributed by atoms with Crippen molar-refractivity contribution in [2.45, 2.75) is 5.41 Å². The maximum absolute atomic E-state index is 5.02. The first kappa shape index (κ1) is 32.5. The zero-order valence-corrected chi connectivity index (χ0v) is 30.2. The van der Waals surface area contributed by atoms with Gasteiger partial charge in [0.2, 0.25) is 0 Å². The van der Waals surface area contributed by atoms with Crippen LogP contribution in [0, 0.1) is 0 Å². The minimum Gasteiger partial charge on any atom is -0.256 e. The van der Waals surface area contributed by atoms with Gasteiger partial charge in [-0.3, -0.25) is 9.97 Å². The summed E-state index contributed by atoms with van der Waals surface area (Å²) >= 11 is 0. The van der Waals surface area contributed by atoms with Gasteiger partial charge >= 0.3 is 0 Å². The van der Waals surface area contributed by atoms with E-state index in [4.69, 9.17) is 9.97 Å². The quantitative estimate of drug-likeness (QED) is 0.165. The molecule has 1 aliphatic carbocycles. The van der Waals surface area contributed by atoms with Crippen LogP contribution in [0.2, 0.25) is 0 Å². The van der Waals surface area contributed by atoms with Crippen molar-refractivity contribution in [2.75, 3.05) is 0 Å². The van der Waals surface area contributed by atoms with E-state index in [1.165, 1.54) is 38.9 Å². The third-order valence-corrected chi connectivity index (χ3v) is 11.0. The van der Waals surface area contributed by atoms with E-state index in [0.29, 0.717) is 0 Å². The Kier molecular flexibility index (Phi) is 8.08. The summed E-state index contributed by atoms with van der Waals surface area (Å²) in [7, 11) is 0. The molecule has 0 unspecified atom stereocenters. The fraction of sp³-hybridized carbons (Fsp3) is 0.0189. The van der Waals surface area contributed by atoms with Crippen LogP contribution in [0.5, 0.6) is 0 Å². The topological polar surface area (TPSA) is 25.8 Å². The minimum atomic E-state index is -0.669. The lowest BCUT2D eigenvalue weighted by atomic mass is 9.66. The number of benzene rings is 7. The molecular formula is C53H36N2. The van der Waals surface area contributed by atoms with Gasteiger partial charge in [0.05, 0.1) is 16.8 Å². The van der Waals surface area contributed by atoms with E-state index in [0.717, 1.165) is 50.3 Å². The molecule has 0 atom stereocenters. The number of hydrogen-bond donors (Lipinski definition) is 0. The van der Waals surface area contributed by atoms with Gasteiger partial charge in [-0.2, -0.15) is 0 Å². The van der Waals surface area contributed by atoms with Gasteiger partial charge in [-0.15, -0.1) is 0 Å². The van der Waals surface area contributed by atoms with E-state index in [9.17, 15) is 0 Å². The average Bonchev–Trinajstić information content (AvgIpc) is 3.58. The fourth-order valence-electron chi connectivity index (χ4n) is 8.53. The normalized spacial score (nSPS) is 12.5. The highest BCUT2D eigenvalue weighted by Gasteiger charge is 2.46. The largest absolute Gasteiger partial charge is 0.256 e. The SMILES string of the molecule is c1ccc(-c2cc(-c3ccccn3)cc(C3(c4cc(-c5ccccc5)cc(-c5cc(-c6ccccc6)ccn5)c4)c4ccccc4-c4ccccc43)c2)cc1. The molecule has 2 nitrogen and oxygen atoms in total. The number of pyridine rings is 2. The first-order valence-electron chi connectivity index (χ1n) is 18.8. The molecule has 2 heteroatoms. The number of hydrogen-bond acceptors (Lipinski definition) is 2. The van der Waals surface area contributed by atoms with Crippen molar-refractivity contribution in [3.05, 3.63) is 241 Å². The van der Waals surface area contributed by atoms with E-state index in [-0.39, 0.29) is 0 Å². The van der Waals surface area contributed by atoms with Crippen molar-refractivity contribution in [3.63, 3.8) is 0 Å². The smallest absolute Gasteiger partial charge is 0.0714 e. The predicted octanol–water partition coefficient (Wildman–Crippen LogP) is 13.2. The van der Waals surface area contributed by atoms with Gasteiger partial charge in [0.1, 0.15) is 0 Å². The molecule has 0 spiro atoms. The molecule has 0 N–H and O–H groups in total. The van der Waals surface area contributed by atoms with Crippen LogP contribution in [0.3, 0.4) is 0 Å². The first-order valence-corrected chi connectivity index (χ1v) is 18.8. The van der Waals surface area contributed by atoms with Crippen LogP contribution >= 0.6 is 0 Å². The molecule has 258 valence electrons. The summed E-state index contributed by atoms with van der Waals surface area (Å²) in [5, 5.41) is 0. The third-order valence-electron chi connectivity index (χ3n) is 11.0. The Labute approximate surface area is 322 Å². The van der Waals surface area contributed by atoms with Crippen LogP contribution in [-0.2, 0) is 5.41 Å². The molecule has 0 radical (unpaired) electrons. The summed E-state index contributed by atoms with van der Waals surface area (Å²) < 4.78 is 0. The predicted molar refractivity (Wildman–Crippen MR) is 227 cm³/mol. The zero-order chi connectivity index (χ0) is 36.6. The van der Waals surface area contributed by atoms with Crippen molar-refractivity contribution < 1.29 is 0 Å². The molecule has 2 aromatic heterocycles. The Morgan fingerprint density at radius 3 is 1.24 bits per heavy atom. The Morgan fingerprint density at radius 1 is 0.273 bits per heavy atom. The molecular weight excluding hydrogens is 665 g/mol. The molecule has 7 aromatic carbocycles. The maximum Gasteiger partial charge on any atom is 0.0714 e. The van der Waals surface area contributed by atoms with Crippen molar-refractivity contribution in [3.8, 4) is 67.0 Å². The summed E-state index contributed by atoms with van der Waals surface area (Å²) in [6.07, 6.45) is 3.82. The van der Waals surface area contributed by atoms with Gasteiger partial charge < -0.3 is 0 Å². The summed E-state index contributed by atoms with van der Waals surface area (Å²) in [4.78, 5) is 9.89. The van der Waals surface area contributed by atoms with E-state index in [1.807, 2.05) is 18.5 Å². The van der Waals surface area contributed by atoms with Crippen LogP contribution in [0.1, 0.15) is 22.3 Å². The minimum absolute atomic E-state index is 0.669. The summed E-state index contributed by atoms with van der Waals surface area (Å²) in [5.74, 6) is 0. The Hall–Kier alpha value is -7.16. The van der Waals surface area contributed by atoms with Gasteiger partial charge in [-0.25, -0.2) is 0 Å². The van der Waals surface area contributed by atoms with E-state index >= 15 is 0 Å². The summed E-state index contributed by atoms with van der Waals surface area (Å²) in [6.45, 7) is 0. The second-order valence-corrected chi connectivity index (χ2v) is 14.2. The zero-order valence-electron chi connectivity index (χ0n) is 30.2. The lowest BCUT2D eigenvalue weighted by Crippen LogP contribution is -2.29. The first-order chi connectivity index (χ1) is 27.3. The second-order valence-electron chi connectivity index (χ2n) is 14.2. The van der Waals surface area contributed by atoms with Gasteiger partial charge in [0, 0.05) is 23.5 Å². The summed E-state index contributed by atoms with van der Waals surface area (Å²) in [5.41, 5.74) is 17.7. The molecule has 0 bridgehead atoms. The highest BCUT2D eigenvalue weighted by Crippen LogP contribution is 2.57. The highest BCUT2D eigenvalue weighted by molar-refractivity contribution is 5.89. The number of aromatic nitrogens is 2. The van der Waals surface area contributed by atoms with E-state index in [2.05, 4.69) is 200 Å². The van der Waals surface area contributed by atoms with Crippen molar-refractivity contribution >= 4 is 0 Å². The summed E-state index contributed by atoms with van der Waals surface area (Å²) in [6, 6.07) is 74.5. The molecule has 0 fully saturated rings. The van der Waals surface area contributed by atoms with Crippen molar-refractivity contribution in [1.29, 1.82) is 0 Å². The monoisotopic (exact) mass is 700 g/mol. The van der Waals surface area contributed by atoms with Crippen LogP contribution in [-0.4, -0.2) is 9.97 Å². The second kappa shape index (κ2) is 13.7. The fourth-order valence-corrected chi connectivity index (χ4v) is 8.53. The van der Waals surface area contributed by atoms with Crippen LogP contribution in [0.4, 0.5) is 0 Å². The highest BCUT2D eigenvalue weighted by atomic mass is 14.7. The molecule has 0 aliphatic heterocycles. The Bertz CT molecular complexity index is 2690. The van der Waals surface area contributed by atoms with Crippen molar-refractivity contribution in [1.82, 2.24) is 9.97 Å². The van der Waals surface area contributed by atoms with Gasteiger partial charge in [-0.05, 0) is 127 Å². The molecule has 2 heterocycles. The maximum atomic E-state index is 5.02. The molecule has 0 amide bonds. The number of rotatable bonds is 7. The Balaban J connectivity index is 1.32. The lowest BCUT2D eigenvalue weighted by Gasteiger charge is -2.35. The van der Waals surface area contributed by atoms with Crippen LogP contribution in [0.15, 0.2) is 219 Å². The van der Waals surface area contributed by atoms with Gasteiger partial charge in [0.25, 0.3) is 0 Å². The van der Waals surface area contributed by atoms with Crippen LogP contribution < -0.4 is 0 Å². The van der Waals surface area contributed by atoms with E-state index < -0.39 is 5.41 Å². The van der Waals surface area contributed by atoms with Gasteiger partial charge in [-0.1, -0.05) is 146 Å². The third kappa shape index (κ3) is 5.67. The van der Waals surface area contributed by atoms with Crippen LogP contribution in [0.25, 0.3) is 67.0 Å². The lowest BCUT2D eigenvalue weighted by molar-refractivity contribution is 0.769. The molecule has 10 rings (SSSR count). The molecule has 0 saturated heterocycles. The molecule has 0 saturated carbocycles. The average molecular weight is 701 g/mol. The standard InChI is InChI=1S/C53H36N2/c1-4-16-37(17-5-1)40-27-29-55-52(36-40)44-31-42(39-20-8-3-9-21-39)33-46(35-44)53(49-24-12-10-22-47(49)48-23-11-13-25-50(48)53)45-32-41(38-18-6-2-7-19-38)30-43(34-45)51-26-14-15-28-54-51/h1-36H. The molecule has 1 aliphatic rings. The van der Waals surface area contributed by atoms with Crippen molar-refractivity contribution in [2.24, 2.45) is 0 Å². The van der Waals surface area contributed by atoms with Gasteiger partial charge in [0.15, 0.2) is 0 Å². The molecule has 55 heavy (non-hydrogen) atoms.